The Morgan fingerprint density at radius 2 is 2.25 bits per heavy atom. The van der Waals surface area contributed by atoms with Gasteiger partial charge in [-0.15, -0.1) is 0 Å². The second-order valence-corrected chi connectivity index (χ2v) is 2.96. The summed E-state index contributed by atoms with van der Waals surface area (Å²) in [5, 5.41) is 0.565. The van der Waals surface area contributed by atoms with Crippen LogP contribution in [0.15, 0.2) is 18.2 Å². The highest BCUT2D eigenvalue weighted by Gasteiger charge is 2.01. The molecule has 1 rings (SSSR count). The van der Waals surface area contributed by atoms with Crippen LogP contribution >= 0.6 is 24.2 Å². The van der Waals surface area contributed by atoms with Crippen molar-refractivity contribution in [2.75, 3.05) is 11.7 Å². The monoisotopic (exact) mass is 203 g/mol. The van der Waals surface area contributed by atoms with Gasteiger partial charge in [0, 0.05) is 5.56 Å². The lowest BCUT2D eigenvalue weighted by Crippen LogP contribution is -1.97. The first-order chi connectivity index (χ1) is 5.75. The van der Waals surface area contributed by atoms with Crippen molar-refractivity contribution >= 4 is 29.9 Å². The largest absolute Gasteiger partial charge is 0.397 e. The minimum atomic E-state index is 0.381. The molecule has 0 heterocycles. The van der Waals surface area contributed by atoms with Crippen LogP contribution in [0.25, 0.3) is 0 Å². The molecule has 0 saturated carbocycles. The van der Waals surface area contributed by atoms with Crippen LogP contribution in [0.2, 0.25) is 5.02 Å². The van der Waals surface area contributed by atoms with Gasteiger partial charge < -0.3 is 10.5 Å². The zero-order chi connectivity index (χ0) is 8.97. The molecule has 0 aromatic heterocycles. The maximum Gasteiger partial charge on any atom is 0.0897 e. The first kappa shape index (κ1) is 9.71. The Balaban J connectivity index is 2.78. The van der Waals surface area contributed by atoms with E-state index in [1.165, 1.54) is 0 Å². The molecule has 0 aliphatic heterocycles. The number of nitrogen functional groups attached to an aromatic ring is 1. The second-order valence-electron chi connectivity index (χ2n) is 2.29. The topological polar surface area (TPSA) is 35.2 Å². The van der Waals surface area contributed by atoms with Crippen LogP contribution in [-0.2, 0) is 11.3 Å². The van der Waals surface area contributed by atoms with E-state index < -0.39 is 0 Å². The Hall–Kier alpha value is -0.380. The fraction of sp³-hybridized carbons (Fsp3) is 0.250. The number of ether oxygens (including phenoxy) is 1. The summed E-state index contributed by atoms with van der Waals surface area (Å²) in [5.41, 5.74) is 7.17. The normalized spacial score (nSPS) is 10.2. The van der Waals surface area contributed by atoms with Crippen molar-refractivity contribution in [1.29, 1.82) is 0 Å². The van der Waals surface area contributed by atoms with Crippen molar-refractivity contribution in [1.82, 2.24) is 0 Å². The molecule has 0 fully saturated rings. The molecule has 0 aliphatic carbocycles. The van der Waals surface area contributed by atoms with E-state index in [0.717, 1.165) is 5.56 Å². The standard InChI is InChI=1S/C8H10ClNOS/c9-7-3-1-2-6(8(7)10)4-11-5-12/h1-3,12H,4-5,10H2. The van der Waals surface area contributed by atoms with Gasteiger partial charge in [0.25, 0.3) is 0 Å². The Morgan fingerprint density at radius 1 is 1.50 bits per heavy atom. The average molecular weight is 204 g/mol. The van der Waals surface area contributed by atoms with Crippen molar-refractivity contribution < 1.29 is 4.74 Å². The highest BCUT2D eigenvalue weighted by molar-refractivity contribution is 7.80. The molecule has 2 nitrogen and oxygen atoms in total. The highest BCUT2D eigenvalue weighted by Crippen LogP contribution is 2.22. The first-order valence-electron chi connectivity index (χ1n) is 3.47. The quantitative estimate of drug-likeness (QED) is 0.449. The Labute approximate surface area is 82.1 Å². The van der Waals surface area contributed by atoms with Crippen LogP contribution in [0.3, 0.4) is 0 Å². The van der Waals surface area contributed by atoms with E-state index in [0.29, 0.717) is 23.3 Å². The summed E-state index contributed by atoms with van der Waals surface area (Å²) in [6.07, 6.45) is 0. The molecule has 0 spiro atoms. The van der Waals surface area contributed by atoms with Gasteiger partial charge in [0.15, 0.2) is 0 Å². The molecule has 0 amide bonds. The van der Waals surface area contributed by atoms with Gasteiger partial charge in [-0.3, -0.25) is 0 Å². The summed E-state index contributed by atoms with van der Waals surface area (Å²) < 4.78 is 5.08. The van der Waals surface area contributed by atoms with E-state index in [1.807, 2.05) is 12.1 Å². The summed E-state index contributed by atoms with van der Waals surface area (Å²) in [4.78, 5) is 0. The molecule has 1 aromatic rings. The number of hydrogen-bond acceptors (Lipinski definition) is 3. The Kier molecular flexibility index (Phi) is 3.72. The third-order valence-electron chi connectivity index (χ3n) is 1.49. The summed E-state index contributed by atoms with van der Waals surface area (Å²) in [6.45, 7) is 0.454. The van der Waals surface area contributed by atoms with Crippen molar-refractivity contribution in [3.63, 3.8) is 0 Å². The molecular weight excluding hydrogens is 194 g/mol. The number of halogens is 1. The summed E-state index contributed by atoms with van der Waals surface area (Å²) in [5.74, 6) is 0.381. The molecule has 12 heavy (non-hydrogen) atoms. The fourth-order valence-corrected chi connectivity index (χ4v) is 1.15. The van der Waals surface area contributed by atoms with Gasteiger partial charge in [-0.25, -0.2) is 0 Å². The zero-order valence-corrected chi connectivity index (χ0v) is 8.11. The Morgan fingerprint density at radius 3 is 2.92 bits per heavy atom. The van der Waals surface area contributed by atoms with Crippen molar-refractivity contribution in [2.24, 2.45) is 0 Å². The minimum Gasteiger partial charge on any atom is -0.397 e. The van der Waals surface area contributed by atoms with Crippen LogP contribution in [0, 0.1) is 0 Å². The van der Waals surface area contributed by atoms with Crippen LogP contribution < -0.4 is 5.73 Å². The molecule has 0 unspecified atom stereocenters. The van der Waals surface area contributed by atoms with Crippen LogP contribution in [0.5, 0.6) is 0 Å². The first-order valence-corrected chi connectivity index (χ1v) is 4.48. The molecule has 4 heteroatoms. The summed E-state index contributed by atoms with van der Waals surface area (Å²) in [7, 11) is 0. The maximum absolute atomic E-state index is 5.79. The van der Waals surface area contributed by atoms with Gasteiger partial charge in [0.2, 0.25) is 0 Å². The van der Waals surface area contributed by atoms with E-state index >= 15 is 0 Å². The molecule has 2 N–H and O–H groups in total. The van der Waals surface area contributed by atoms with Gasteiger partial charge in [-0.2, -0.15) is 12.6 Å². The third-order valence-corrected chi connectivity index (χ3v) is 2.00. The minimum absolute atomic E-state index is 0.381. The summed E-state index contributed by atoms with van der Waals surface area (Å²) in [6, 6.07) is 5.47. The lowest BCUT2D eigenvalue weighted by Gasteiger charge is -2.05. The smallest absolute Gasteiger partial charge is 0.0897 e. The highest BCUT2D eigenvalue weighted by atomic mass is 35.5. The van der Waals surface area contributed by atoms with E-state index in [4.69, 9.17) is 22.1 Å². The average Bonchev–Trinajstić information content (AvgIpc) is 2.08. The Bertz CT molecular complexity index is 267. The lowest BCUT2D eigenvalue weighted by atomic mass is 10.2. The number of thiol groups is 1. The van der Waals surface area contributed by atoms with Crippen molar-refractivity contribution in [2.45, 2.75) is 6.61 Å². The van der Waals surface area contributed by atoms with E-state index in [2.05, 4.69) is 12.6 Å². The molecule has 0 radical (unpaired) electrons. The summed E-state index contributed by atoms with van der Waals surface area (Å²) >= 11 is 9.71. The SMILES string of the molecule is Nc1c(Cl)cccc1COCS. The fourth-order valence-electron chi connectivity index (χ4n) is 0.863. The molecule has 0 atom stereocenters. The van der Waals surface area contributed by atoms with E-state index in [-0.39, 0.29) is 0 Å². The number of anilines is 1. The van der Waals surface area contributed by atoms with Crippen LogP contribution in [0.4, 0.5) is 5.69 Å². The number of benzene rings is 1. The van der Waals surface area contributed by atoms with Crippen molar-refractivity contribution in [3.05, 3.63) is 28.8 Å². The predicted octanol–water partition coefficient (Wildman–Crippen LogP) is 2.33. The van der Waals surface area contributed by atoms with Gasteiger partial charge in [-0.1, -0.05) is 23.7 Å². The zero-order valence-electron chi connectivity index (χ0n) is 6.46. The lowest BCUT2D eigenvalue weighted by molar-refractivity contribution is 0.170. The van der Waals surface area contributed by atoms with Crippen molar-refractivity contribution in [3.8, 4) is 0 Å². The predicted molar refractivity (Wildman–Crippen MR) is 54.5 cm³/mol. The van der Waals surface area contributed by atoms with Crippen LogP contribution in [0.1, 0.15) is 5.56 Å². The number of hydrogen-bond donors (Lipinski definition) is 2. The number of para-hydroxylation sites is 1. The van der Waals surface area contributed by atoms with Crippen LogP contribution in [-0.4, -0.2) is 5.94 Å². The molecule has 1 aromatic carbocycles. The van der Waals surface area contributed by atoms with E-state index in [1.54, 1.807) is 6.07 Å². The van der Waals surface area contributed by atoms with Gasteiger partial charge in [0.05, 0.1) is 23.3 Å². The van der Waals surface area contributed by atoms with Gasteiger partial charge in [-0.05, 0) is 6.07 Å². The van der Waals surface area contributed by atoms with Gasteiger partial charge in [0.1, 0.15) is 0 Å². The van der Waals surface area contributed by atoms with E-state index in [9.17, 15) is 0 Å². The molecule has 0 bridgehead atoms. The molecule has 0 saturated heterocycles. The second kappa shape index (κ2) is 4.60. The number of nitrogens with two attached hydrogens (primary N) is 1. The van der Waals surface area contributed by atoms with Gasteiger partial charge >= 0.3 is 0 Å². The molecular formula is C8H10ClNOS. The number of rotatable bonds is 3. The molecule has 66 valence electrons. The molecule has 0 aliphatic rings. The third kappa shape index (κ3) is 2.30. The maximum atomic E-state index is 5.79.